The van der Waals surface area contributed by atoms with Crippen molar-refractivity contribution in [2.75, 3.05) is 12.3 Å². The second-order valence-electron chi connectivity index (χ2n) is 7.76. The quantitative estimate of drug-likeness (QED) is 0.565. The van der Waals surface area contributed by atoms with Crippen LogP contribution in [0.15, 0.2) is 53.7 Å². The van der Waals surface area contributed by atoms with Crippen LogP contribution < -0.4 is 5.32 Å². The molecule has 31 heavy (non-hydrogen) atoms. The average Bonchev–Trinajstić information content (AvgIpc) is 3.38. The molecule has 3 aromatic rings. The lowest BCUT2D eigenvalue weighted by molar-refractivity contribution is -0.136. The van der Waals surface area contributed by atoms with E-state index in [4.69, 9.17) is 11.6 Å². The predicted octanol–water partition coefficient (Wildman–Crippen LogP) is 4.19. The van der Waals surface area contributed by atoms with Crippen LogP contribution in [0.25, 0.3) is 11.0 Å². The molecule has 2 aromatic carbocycles. The van der Waals surface area contributed by atoms with Gasteiger partial charge in [-0.25, -0.2) is 4.98 Å². The monoisotopic (exact) mass is 456 g/mol. The minimum absolute atomic E-state index is 0.0335. The highest BCUT2D eigenvalue weighted by atomic mass is 35.5. The Morgan fingerprint density at radius 2 is 1.97 bits per heavy atom. The molecule has 162 valence electrons. The summed E-state index contributed by atoms with van der Waals surface area (Å²) >= 11 is 7.36. The molecule has 0 unspecified atom stereocenters. The van der Waals surface area contributed by atoms with Crippen molar-refractivity contribution in [2.45, 2.75) is 37.0 Å². The summed E-state index contributed by atoms with van der Waals surface area (Å²) in [6.07, 6.45) is 1.51. The Hall–Kier alpha value is -2.51. The maximum atomic E-state index is 12.9. The first kappa shape index (κ1) is 21.7. The second kappa shape index (κ2) is 9.32. The van der Waals surface area contributed by atoms with Gasteiger partial charge in [-0.2, -0.15) is 0 Å². The zero-order chi connectivity index (χ0) is 22.0. The fraction of sp³-hybridized carbons (Fsp3) is 0.348. The summed E-state index contributed by atoms with van der Waals surface area (Å²) in [5.41, 5.74) is 2.92. The summed E-state index contributed by atoms with van der Waals surface area (Å²) in [5.74, 6) is 0.114. The van der Waals surface area contributed by atoms with Gasteiger partial charge in [0.2, 0.25) is 11.8 Å². The topological polar surface area (TPSA) is 67.2 Å². The fourth-order valence-corrected chi connectivity index (χ4v) is 4.94. The van der Waals surface area contributed by atoms with E-state index in [2.05, 4.69) is 10.3 Å². The maximum Gasteiger partial charge on any atom is 0.243 e. The van der Waals surface area contributed by atoms with Crippen molar-refractivity contribution < 1.29 is 9.59 Å². The van der Waals surface area contributed by atoms with Gasteiger partial charge in [0.25, 0.3) is 0 Å². The standard InChI is InChI=1S/C23H25ClN4O2S/c1-15(16-9-11-17(24)12-10-16)25-22(30)20-8-5-13-28(20)21(29)14-31-23-26-18-6-3-4-7-19(18)27(23)2/h3-4,6-7,9-12,15,20H,5,8,13-14H2,1-2H3,(H,25,30)/t15-,20-/m0/s1. The van der Waals surface area contributed by atoms with Crippen LogP contribution in [0, 0.1) is 0 Å². The Morgan fingerprint density at radius 1 is 1.23 bits per heavy atom. The van der Waals surface area contributed by atoms with E-state index in [1.165, 1.54) is 11.8 Å². The summed E-state index contributed by atoms with van der Waals surface area (Å²) in [6, 6.07) is 14.7. The minimum atomic E-state index is -0.428. The average molecular weight is 457 g/mol. The number of fused-ring (bicyclic) bond motifs is 1. The molecule has 0 radical (unpaired) electrons. The lowest BCUT2D eigenvalue weighted by Gasteiger charge is -2.25. The molecule has 8 heteroatoms. The number of aryl methyl sites for hydroxylation is 1. The number of nitrogens with one attached hydrogen (secondary N) is 1. The molecule has 1 fully saturated rings. The van der Waals surface area contributed by atoms with Gasteiger partial charge in [-0.15, -0.1) is 0 Å². The zero-order valence-electron chi connectivity index (χ0n) is 17.5. The van der Waals surface area contributed by atoms with Gasteiger partial charge in [-0.1, -0.05) is 47.6 Å². The van der Waals surface area contributed by atoms with Crippen LogP contribution in [0.1, 0.15) is 31.4 Å². The van der Waals surface area contributed by atoms with Crippen molar-refractivity contribution in [1.29, 1.82) is 0 Å². The number of thioether (sulfide) groups is 1. The van der Waals surface area contributed by atoms with Crippen LogP contribution in [0.3, 0.4) is 0 Å². The number of hydrogen-bond acceptors (Lipinski definition) is 4. The van der Waals surface area contributed by atoms with E-state index in [9.17, 15) is 9.59 Å². The highest BCUT2D eigenvalue weighted by Gasteiger charge is 2.34. The van der Waals surface area contributed by atoms with Gasteiger partial charge in [0, 0.05) is 18.6 Å². The molecule has 1 aliphatic heterocycles. The van der Waals surface area contributed by atoms with E-state index in [1.54, 1.807) is 4.90 Å². The van der Waals surface area contributed by atoms with Crippen LogP contribution in [0.5, 0.6) is 0 Å². The molecular weight excluding hydrogens is 432 g/mol. The molecule has 1 aliphatic rings. The Morgan fingerprint density at radius 3 is 2.71 bits per heavy atom. The number of hydrogen-bond donors (Lipinski definition) is 1. The number of halogens is 1. The molecule has 0 bridgehead atoms. The molecule has 1 aromatic heterocycles. The number of para-hydroxylation sites is 2. The number of benzene rings is 2. The van der Waals surface area contributed by atoms with Gasteiger partial charge >= 0.3 is 0 Å². The van der Waals surface area contributed by atoms with Crippen LogP contribution in [-0.2, 0) is 16.6 Å². The van der Waals surface area contributed by atoms with E-state index in [1.807, 2.05) is 67.1 Å². The van der Waals surface area contributed by atoms with Gasteiger partial charge in [0.05, 0.1) is 22.8 Å². The number of likely N-dealkylation sites (tertiary alicyclic amines) is 1. The highest BCUT2D eigenvalue weighted by Crippen LogP contribution is 2.25. The third kappa shape index (κ3) is 4.72. The third-order valence-corrected chi connectivity index (χ3v) is 6.94. The summed E-state index contributed by atoms with van der Waals surface area (Å²) < 4.78 is 2.00. The van der Waals surface area contributed by atoms with Crippen molar-refractivity contribution in [2.24, 2.45) is 7.05 Å². The molecule has 1 saturated heterocycles. The SMILES string of the molecule is C[C@H](NC(=O)[C@@H]1CCCN1C(=O)CSc1nc2ccccc2n1C)c1ccc(Cl)cc1. The molecule has 4 rings (SSSR count). The molecule has 0 saturated carbocycles. The van der Waals surface area contributed by atoms with E-state index < -0.39 is 6.04 Å². The zero-order valence-corrected chi connectivity index (χ0v) is 19.1. The van der Waals surface area contributed by atoms with E-state index in [-0.39, 0.29) is 23.6 Å². The Labute approximate surface area is 191 Å². The Kier molecular flexibility index (Phi) is 6.53. The van der Waals surface area contributed by atoms with Crippen molar-refractivity contribution in [1.82, 2.24) is 19.8 Å². The fourth-order valence-electron chi connectivity index (χ4n) is 3.94. The van der Waals surface area contributed by atoms with Gasteiger partial charge in [0.15, 0.2) is 5.16 Å². The van der Waals surface area contributed by atoms with Crippen LogP contribution in [0.2, 0.25) is 5.02 Å². The largest absolute Gasteiger partial charge is 0.348 e. The van der Waals surface area contributed by atoms with Crippen molar-refractivity contribution in [3.05, 3.63) is 59.1 Å². The number of amides is 2. The number of nitrogens with zero attached hydrogens (tertiary/aromatic N) is 3. The first-order chi connectivity index (χ1) is 14.9. The second-order valence-corrected chi connectivity index (χ2v) is 9.14. The van der Waals surface area contributed by atoms with Gasteiger partial charge < -0.3 is 14.8 Å². The smallest absolute Gasteiger partial charge is 0.243 e. The van der Waals surface area contributed by atoms with Crippen molar-refractivity contribution >= 4 is 46.2 Å². The lowest BCUT2D eigenvalue weighted by Crippen LogP contribution is -2.47. The predicted molar refractivity (Wildman–Crippen MR) is 124 cm³/mol. The van der Waals surface area contributed by atoms with Gasteiger partial charge in [-0.3, -0.25) is 9.59 Å². The molecule has 0 aliphatic carbocycles. The first-order valence-electron chi connectivity index (χ1n) is 10.3. The molecular formula is C23H25ClN4O2S. The lowest BCUT2D eigenvalue weighted by atomic mass is 10.1. The molecule has 2 amide bonds. The maximum absolute atomic E-state index is 12.9. The van der Waals surface area contributed by atoms with E-state index >= 15 is 0 Å². The molecule has 2 atom stereocenters. The number of carbonyl (C=O) groups is 2. The number of carbonyl (C=O) groups excluding carboxylic acids is 2. The van der Waals surface area contributed by atoms with Crippen molar-refractivity contribution in [3.8, 4) is 0 Å². The summed E-state index contributed by atoms with van der Waals surface area (Å²) in [6.45, 7) is 2.54. The number of imidazole rings is 1. The highest BCUT2D eigenvalue weighted by molar-refractivity contribution is 7.99. The van der Waals surface area contributed by atoms with Crippen LogP contribution >= 0.6 is 23.4 Å². The number of rotatable bonds is 6. The number of aromatic nitrogens is 2. The summed E-state index contributed by atoms with van der Waals surface area (Å²) in [7, 11) is 1.95. The molecule has 6 nitrogen and oxygen atoms in total. The van der Waals surface area contributed by atoms with Crippen LogP contribution in [-0.4, -0.2) is 44.6 Å². The molecule has 1 N–H and O–H groups in total. The van der Waals surface area contributed by atoms with Crippen LogP contribution in [0.4, 0.5) is 0 Å². The Balaban J connectivity index is 1.37. The third-order valence-electron chi connectivity index (χ3n) is 5.68. The molecule has 0 spiro atoms. The van der Waals surface area contributed by atoms with Gasteiger partial charge in [-0.05, 0) is 49.6 Å². The normalized spacial score (nSPS) is 17.1. The van der Waals surface area contributed by atoms with E-state index in [0.717, 1.165) is 28.2 Å². The summed E-state index contributed by atoms with van der Waals surface area (Å²) in [5, 5.41) is 4.50. The molecule has 2 heterocycles. The first-order valence-corrected chi connectivity index (χ1v) is 11.7. The minimum Gasteiger partial charge on any atom is -0.348 e. The van der Waals surface area contributed by atoms with Gasteiger partial charge in [0.1, 0.15) is 6.04 Å². The summed E-state index contributed by atoms with van der Waals surface area (Å²) in [4.78, 5) is 32.1. The van der Waals surface area contributed by atoms with Crippen molar-refractivity contribution in [3.63, 3.8) is 0 Å². The van der Waals surface area contributed by atoms with E-state index in [0.29, 0.717) is 18.0 Å². The Bertz CT molecular complexity index is 1100.